The zero-order chi connectivity index (χ0) is 14.8. The third kappa shape index (κ3) is 5.63. The van der Waals surface area contributed by atoms with Crippen LogP contribution in [0.25, 0.3) is 0 Å². The van der Waals surface area contributed by atoms with Crippen LogP contribution in [0.4, 0.5) is 0 Å². The summed E-state index contributed by atoms with van der Waals surface area (Å²) in [5.41, 5.74) is 0. The van der Waals surface area contributed by atoms with Crippen LogP contribution in [0, 0.1) is 0 Å². The Kier molecular flexibility index (Phi) is 9.35. The van der Waals surface area contributed by atoms with Crippen molar-refractivity contribution in [2.45, 2.75) is 77.5 Å². The van der Waals surface area contributed by atoms with E-state index < -0.39 is 18.4 Å². The summed E-state index contributed by atoms with van der Waals surface area (Å²) in [6.07, 6.45) is 8.36. The molecule has 0 aliphatic carbocycles. The van der Waals surface area contributed by atoms with Crippen molar-refractivity contribution in [3.05, 3.63) is 24.3 Å². The van der Waals surface area contributed by atoms with Crippen molar-refractivity contribution in [3.8, 4) is 0 Å². The van der Waals surface area contributed by atoms with Gasteiger partial charge in [0.25, 0.3) is 0 Å². The first-order chi connectivity index (χ1) is 9.68. The van der Waals surface area contributed by atoms with Crippen molar-refractivity contribution in [1.29, 1.82) is 0 Å². The van der Waals surface area contributed by atoms with Gasteiger partial charge in [-0.25, -0.2) is 0 Å². The van der Waals surface area contributed by atoms with E-state index in [4.69, 9.17) is 0 Å². The number of unbranched alkanes of at least 4 members (excludes halogenated alkanes) is 3. The van der Waals surface area contributed by atoms with Gasteiger partial charge in [-0.3, -0.25) is 0 Å². The van der Waals surface area contributed by atoms with Crippen LogP contribution < -0.4 is 3.58 Å². The van der Waals surface area contributed by atoms with Gasteiger partial charge in [-0.1, -0.05) is 0 Å². The van der Waals surface area contributed by atoms with Gasteiger partial charge in [-0.15, -0.1) is 0 Å². The number of benzene rings is 1. The molecule has 0 unspecified atom stereocenters. The molecule has 114 valence electrons. The van der Waals surface area contributed by atoms with E-state index in [2.05, 4.69) is 57.7 Å². The Labute approximate surface area is 136 Å². The van der Waals surface area contributed by atoms with Crippen molar-refractivity contribution in [1.82, 2.24) is 0 Å². The number of thiol groups is 1. The summed E-state index contributed by atoms with van der Waals surface area (Å²) in [7, 11) is 0. The molecular formula is C18H32SSn. The fourth-order valence-corrected chi connectivity index (χ4v) is 19.2. The van der Waals surface area contributed by atoms with Crippen molar-refractivity contribution in [2.75, 3.05) is 0 Å². The minimum absolute atomic E-state index is 1.11. The quantitative estimate of drug-likeness (QED) is 0.360. The maximum absolute atomic E-state index is 4.46. The first kappa shape index (κ1) is 18.4. The van der Waals surface area contributed by atoms with E-state index in [1.807, 2.05) is 0 Å². The van der Waals surface area contributed by atoms with Gasteiger partial charge in [0, 0.05) is 0 Å². The van der Waals surface area contributed by atoms with Crippen LogP contribution in [0.15, 0.2) is 29.2 Å². The molecule has 0 aliphatic rings. The van der Waals surface area contributed by atoms with Crippen LogP contribution >= 0.6 is 12.6 Å². The molecule has 0 N–H and O–H groups in total. The Morgan fingerprint density at radius 2 is 1.15 bits per heavy atom. The molecule has 0 saturated heterocycles. The molecule has 0 fully saturated rings. The fourth-order valence-electron chi connectivity index (χ4n) is 3.17. The summed E-state index contributed by atoms with van der Waals surface area (Å²) in [6.45, 7) is 7.02. The number of hydrogen-bond donors (Lipinski definition) is 1. The first-order valence-corrected chi connectivity index (χ1v) is 16.4. The molecule has 0 heterocycles. The molecular weight excluding hydrogens is 367 g/mol. The summed E-state index contributed by atoms with van der Waals surface area (Å²) >= 11 is 2.30. The van der Waals surface area contributed by atoms with E-state index in [9.17, 15) is 0 Å². The Bertz CT molecular complexity index is 336. The van der Waals surface area contributed by atoms with E-state index >= 15 is 0 Å². The summed E-state index contributed by atoms with van der Waals surface area (Å²) in [5, 5.41) is 0. The van der Waals surface area contributed by atoms with E-state index in [0.717, 1.165) is 4.90 Å². The molecule has 0 radical (unpaired) electrons. The summed E-state index contributed by atoms with van der Waals surface area (Å²) in [4.78, 5) is 1.11. The normalized spacial score (nSPS) is 11.8. The maximum atomic E-state index is 4.46. The van der Waals surface area contributed by atoms with Gasteiger partial charge in [-0.2, -0.15) is 0 Å². The monoisotopic (exact) mass is 400 g/mol. The minimum atomic E-state index is -2.16. The second-order valence-electron chi connectivity index (χ2n) is 6.14. The number of hydrogen-bond acceptors (Lipinski definition) is 1. The van der Waals surface area contributed by atoms with Gasteiger partial charge in [0.05, 0.1) is 0 Å². The fraction of sp³-hybridized carbons (Fsp3) is 0.667. The van der Waals surface area contributed by atoms with Crippen molar-refractivity contribution < 1.29 is 0 Å². The molecule has 20 heavy (non-hydrogen) atoms. The molecule has 0 nitrogen and oxygen atoms in total. The number of rotatable bonds is 10. The van der Waals surface area contributed by atoms with E-state index in [0.29, 0.717) is 0 Å². The average Bonchev–Trinajstić information content (AvgIpc) is 2.48. The predicted molar refractivity (Wildman–Crippen MR) is 98.2 cm³/mol. The molecule has 2 heteroatoms. The Morgan fingerprint density at radius 3 is 1.50 bits per heavy atom. The first-order valence-electron chi connectivity index (χ1n) is 8.48. The van der Waals surface area contributed by atoms with Crippen LogP contribution in [0.1, 0.15) is 59.3 Å². The molecule has 0 bridgehead atoms. The van der Waals surface area contributed by atoms with Crippen LogP contribution in [-0.4, -0.2) is 18.4 Å². The van der Waals surface area contributed by atoms with Gasteiger partial charge in [0.1, 0.15) is 0 Å². The van der Waals surface area contributed by atoms with Crippen LogP contribution in [-0.2, 0) is 0 Å². The molecule has 0 atom stereocenters. The summed E-state index contributed by atoms with van der Waals surface area (Å²) in [5.74, 6) is 0. The molecule has 0 spiro atoms. The van der Waals surface area contributed by atoms with Gasteiger partial charge in [0.2, 0.25) is 0 Å². The van der Waals surface area contributed by atoms with Crippen molar-refractivity contribution in [2.24, 2.45) is 0 Å². The SMILES string of the molecule is CCC[CH2][Sn]([CH2]CCC)([CH2]CCC)[c]1ccc(S)cc1. The third-order valence-electron chi connectivity index (χ3n) is 4.51. The molecule has 1 rings (SSSR count). The van der Waals surface area contributed by atoms with E-state index in [1.165, 1.54) is 38.5 Å². The van der Waals surface area contributed by atoms with Crippen LogP contribution in [0.2, 0.25) is 13.3 Å². The predicted octanol–water partition coefficient (Wildman–Crippen LogP) is 6.03. The molecule has 0 aliphatic heterocycles. The topological polar surface area (TPSA) is 0 Å². The standard InChI is InChI=1S/C6H5S.3C4H9.Sn/c7-6-4-2-1-3-5-6;3*1-3-4-2;/h2-5,7H;3*1,3-4H2,2H3;. The molecule has 0 saturated carbocycles. The van der Waals surface area contributed by atoms with E-state index in [1.54, 1.807) is 16.9 Å². The molecule has 0 aromatic heterocycles. The summed E-state index contributed by atoms with van der Waals surface area (Å²) < 4.78 is 6.41. The summed E-state index contributed by atoms with van der Waals surface area (Å²) in [6, 6.07) is 9.26. The zero-order valence-electron chi connectivity index (χ0n) is 13.6. The molecule has 0 amide bonds. The third-order valence-corrected chi connectivity index (χ3v) is 20.5. The second kappa shape index (κ2) is 10.2. The molecule has 1 aromatic carbocycles. The Balaban J connectivity index is 3.00. The van der Waals surface area contributed by atoms with Gasteiger partial charge < -0.3 is 0 Å². The van der Waals surface area contributed by atoms with E-state index in [-0.39, 0.29) is 0 Å². The van der Waals surface area contributed by atoms with Gasteiger partial charge in [-0.05, 0) is 0 Å². The second-order valence-corrected chi connectivity index (χ2v) is 19.9. The molecule has 1 aromatic rings. The van der Waals surface area contributed by atoms with Crippen LogP contribution in [0.5, 0.6) is 0 Å². The Hall–Kier alpha value is 0.369. The zero-order valence-corrected chi connectivity index (χ0v) is 17.4. The van der Waals surface area contributed by atoms with Crippen molar-refractivity contribution >= 4 is 34.6 Å². The van der Waals surface area contributed by atoms with Gasteiger partial charge >= 0.3 is 136 Å². The van der Waals surface area contributed by atoms with Crippen LogP contribution in [0.3, 0.4) is 0 Å². The van der Waals surface area contributed by atoms with Gasteiger partial charge in [0.15, 0.2) is 0 Å². The Morgan fingerprint density at radius 1 is 0.750 bits per heavy atom. The average molecular weight is 399 g/mol. The van der Waals surface area contributed by atoms with Crippen molar-refractivity contribution in [3.63, 3.8) is 0 Å².